The van der Waals surface area contributed by atoms with E-state index < -0.39 is 11.2 Å². The van der Waals surface area contributed by atoms with Gasteiger partial charge in [-0.2, -0.15) is 0 Å². The number of rotatable bonds is 2. The lowest BCUT2D eigenvalue weighted by Crippen LogP contribution is -2.42. The number of para-hydroxylation sites is 1. The molecule has 7 nitrogen and oxygen atoms in total. The van der Waals surface area contributed by atoms with E-state index in [4.69, 9.17) is 5.73 Å². The number of amides is 1. The Morgan fingerprint density at radius 3 is 2.73 bits per heavy atom. The van der Waals surface area contributed by atoms with E-state index in [0.717, 1.165) is 11.0 Å². The van der Waals surface area contributed by atoms with Crippen LogP contribution in [0.15, 0.2) is 33.9 Å². The fraction of sp³-hybridized carbons (Fsp3) is 0.357. The molecule has 1 amide bonds. The van der Waals surface area contributed by atoms with Crippen molar-refractivity contribution in [3.63, 3.8) is 0 Å². The summed E-state index contributed by atoms with van der Waals surface area (Å²) in [7, 11) is 0. The SMILES string of the molecule is Cl.NC1CCN(C(=O)Cn2c(=O)[nH]c3ccccc3c2=O)C1. The Labute approximate surface area is 132 Å². The smallest absolute Gasteiger partial charge is 0.329 e. The van der Waals surface area contributed by atoms with Gasteiger partial charge in [-0.3, -0.25) is 14.2 Å². The number of aromatic nitrogens is 2. The number of H-pyrrole nitrogens is 1. The number of likely N-dealkylation sites (tertiary alicyclic amines) is 1. The van der Waals surface area contributed by atoms with Crippen LogP contribution in [-0.2, 0) is 11.3 Å². The quantitative estimate of drug-likeness (QED) is 0.790. The first-order valence-corrected chi connectivity index (χ1v) is 6.81. The minimum atomic E-state index is -0.574. The molecular formula is C14H17ClN4O3. The molecule has 1 aliphatic heterocycles. The Balaban J connectivity index is 0.00000176. The fourth-order valence-electron chi connectivity index (χ4n) is 2.59. The van der Waals surface area contributed by atoms with Crippen molar-refractivity contribution in [2.75, 3.05) is 13.1 Å². The van der Waals surface area contributed by atoms with Gasteiger partial charge in [-0.05, 0) is 18.6 Å². The molecule has 3 rings (SSSR count). The zero-order valence-electron chi connectivity index (χ0n) is 11.8. The van der Waals surface area contributed by atoms with Crippen LogP contribution in [0.3, 0.4) is 0 Å². The van der Waals surface area contributed by atoms with Crippen molar-refractivity contribution in [3.05, 3.63) is 45.1 Å². The monoisotopic (exact) mass is 324 g/mol. The van der Waals surface area contributed by atoms with Crippen LogP contribution in [0.2, 0.25) is 0 Å². The van der Waals surface area contributed by atoms with Gasteiger partial charge in [0.2, 0.25) is 5.91 Å². The summed E-state index contributed by atoms with van der Waals surface area (Å²) in [4.78, 5) is 40.7. The second-order valence-electron chi connectivity index (χ2n) is 5.26. The second kappa shape index (κ2) is 6.33. The number of benzene rings is 1. The molecule has 0 aliphatic carbocycles. The molecule has 1 atom stereocenters. The third-order valence-electron chi connectivity index (χ3n) is 3.76. The van der Waals surface area contributed by atoms with Gasteiger partial charge < -0.3 is 15.6 Å². The van der Waals surface area contributed by atoms with Gasteiger partial charge in [-0.15, -0.1) is 12.4 Å². The predicted molar refractivity (Wildman–Crippen MR) is 85.2 cm³/mol. The number of hydrogen-bond acceptors (Lipinski definition) is 4. The van der Waals surface area contributed by atoms with Gasteiger partial charge in [0.05, 0.1) is 10.9 Å². The molecule has 118 valence electrons. The molecule has 1 aromatic carbocycles. The van der Waals surface area contributed by atoms with Gasteiger partial charge in [0.1, 0.15) is 6.54 Å². The number of nitrogens with two attached hydrogens (primary N) is 1. The molecular weight excluding hydrogens is 308 g/mol. The number of aromatic amines is 1. The molecule has 22 heavy (non-hydrogen) atoms. The van der Waals surface area contributed by atoms with E-state index in [0.29, 0.717) is 24.0 Å². The van der Waals surface area contributed by atoms with Crippen LogP contribution >= 0.6 is 12.4 Å². The summed E-state index contributed by atoms with van der Waals surface area (Å²) in [5.74, 6) is -0.258. The predicted octanol–water partition coefficient (Wildman–Crippen LogP) is -0.329. The van der Waals surface area contributed by atoms with Crippen LogP contribution in [0.1, 0.15) is 6.42 Å². The van der Waals surface area contributed by atoms with Crippen LogP contribution in [0, 0.1) is 0 Å². The number of carbonyl (C=O) groups is 1. The molecule has 0 bridgehead atoms. The topological polar surface area (TPSA) is 101 Å². The lowest BCUT2D eigenvalue weighted by Gasteiger charge is -2.16. The standard InChI is InChI=1S/C14H16N4O3.ClH/c15-9-5-6-17(7-9)12(19)8-18-13(20)10-3-1-2-4-11(10)16-14(18)21;/h1-4,9H,5-8,15H2,(H,16,21);1H. The second-order valence-corrected chi connectivity index (χ2v) is 5.26. The average molecular weight is 325 g/mol. The first-order chi connectivity index (χ1) is 10.1. The Morgan fingerprint density at radius 2 is 2.05 bits per heavy atom. The van der Waals surface area contributed by atoms with Gasteiger partial charge in [0.25, 0.3) is 5.56 Å². The van der Waals surface area contributed by atoms with E-state index in [1.54, 1.807) is 29.2 Å². The molecule has 0 spiro atoms. The fourth-order valence-corrected chi connectivity index (χ4v) is 2.59. The Morgan fingerprint density at radius 1 is 1.32 bits per heavy atom. The van der Waals surface area contributed by atoms with Crippen molar-refractivity contribution in [2.24, 2.45) is 5.73 Å². The minimum Gasteiger partial charge on any atom is -0.340 e. The van der Waals surface area contributed by atoms with Gasteiger partial charge in [0, 0.05) is 19.1 Å². The molecule has 1 aliphatic rings. The van der Waals surface area contributed by atoms with E-state index >= 15 is 0 Å². The highest BCUT2D eigenvalue weighted by Crippen LogP contribution is 2.08. The maximum atomic E-state index is 12.3. The van der Waals surface area contributed by atoms with E-state index in [2.05, 4.69) is 4.98 Å². The van der Waals surface area contributed by atoms with Crippen LogP contribution < -0.4 is 17.0 Å². The summed E-state index contributed by atoms with van der Waals surface area (Å²) in [6, 6.07) is 6.71. The van der Waals surface area contributed by atoms with Gasteiger partial charge in [0.15, 0.2) is 0 Å². The van der Waals surface area contributed by atoms with E-state index in [-0.39, 0.29) is 30.9 Å². The molecule has 3 N–H and O–H groups in total. The van der Waals surface area contributed by atoms with Crippen molar-refractivity contribution >= 4 is 29.2 Å². The van der Waals surface area contributed by atoms with Gasteiger partial charge in [-0.25, -0.2) is 4.79 Å². The van der Waals surface area contributed by atoms with Gasteiger partial charge in [-0.1, -0.05) is 12.1 Å². The Kier molecular flexibility index (Phi) is 4.68. The number of carbonyl (C=O) groups excluding carboxylic acids is 1. The summed E-state index contributed by atoms with van der Waals surface area (Å²) in [5.41, 5.74) is 5.21. The van der Waals surface area contributed by atoms with Crippen LogP contribution in [0.4, 0.5) is 0 Å². The van der Waals surface area contributed by atoms with Crippen molar-refractivity contribution in [2.45, 2.75) is 19.0 Å². The first kappa shape index (κ1) is 16.3. The summed E-state index contributed by atoms with van der Waals surface area (Å²) in [5, 5.41) is 0.392. The molecule has 0 radical (unpaired) electrons. The van der Waals surface area contributed by atoms with Gasteiger partial charge >= 0.3 is 5.69 Å². The number of halogens is 1. The molecule has 8 heteroatoms. The Hall–Kier alpha value is -2.12. The molecule has 1 aromatic heterocycles. The van der Waals surface area contributed by atoms with Crippen LogP contribution in [0.5, 0.6) is 0 Å². The third-order valence-corrected chi connectivity index (χ3v) is 3.76. The summed E-state index contributed by atoms with van der Waals surface area (Å²) in [6.45, 7) is 0.783. The molecule has 1 fully saturated rings. The van der Waals surface area contributed by atoms with E-state index in [9.17, 15) is 14.4 Å². The van der Waals surface area contributed by atoms with Crippen molar-refractivity contribution in [1.29, 1.82) is 0 Å². The number of hydrogen-bond donors (Lipinski definition) is 2. The largest absolute Gasteiger partial charge is 0.340 e. The van der Waals surface area contributed by atoms with E-state index in [1.807, 2.05) is 0 Å². The maximum absolute atomic E-state index is 12.3. The van der Waals surface area contributed by atoms with Crippen molar-refractivity contribution < 1.29 is 4.79 Å². The summed E-state index contributed by atoms with van der Waals surface area (Å²) < 4.78 is 0.939. The summed E-state index contributed by atoms with van der Waals surface area (Å²) in [6.07, 6.45) is 0.745. The molecule has 2 heterocycles. The third kappa shape index (κ3) is 2.90. The first-order valence-electron chi connectivity index (χ1n) is 6.81. The minimum absolute atomic E-state index is 0. The van der Waals surface area contributed by atoms with Crippen molar-refractivity contribution in [1.82, 2.24) is 14.5 Å². The lowest BCUT2D eigenvalue weighted by molar-refractivity contribution is -0.130. The highest BCUT2D eigenvalue weighted by molar-refractivity contribution is 5.85. The van der Waals surface area contributed by atoms with Crippen LogP contribution in [0.25, 0.3) is 10.9 Å². The lowest BCUT2D eigenvalue weighted by atomic mass is 10.2. The average Bonchev–Trinajstić information content (AvgIpc) is 2.90. The molecule has 0 saturated carbocycles. The zero-order valence-corrected chi connectivity index (χ0v) is 12.6. The molecule has 2 aromatic rings. The van der Waals surface area contributed by atoms with Crippen molar-refractivity contribution in [3.8, 4) is 0 Å². The number of fused-ring (bicyclic) bond motifs is 1. The maximum Gasteiger partial charge on any atom is 0.329 e. The molecule has 1 saturated heterocycles. The Bertz CT molecular complexity index is 814. The number of nitrogens with one attached hydrogen (secondary N) is 1. The normalized spacial score (nSPS) is 17.5. The summed E-state index contributed by atoms with van der Waals surface area (Å²) >= 11 is 0. The van der Waals surface area contributed by atoms with Crippen LogP contribution in [-0.4, -0.2) is 39.5 Å². The highest BCUT2D eigenvalue weighted by Gasteiger charge is 2.24. The van der Waals surface area contributed by atoms with E-state index in [1.165, 1.54) is 0 Å². The zero-order chi connectivity index (χ0) is 15.0. The highest BCUT2D eigenvalue weighted by atomic mass is 35.5. The number of nitrogens with zero attached hydrogens (tertiary/aromatic N) is 2. The molecule has 1 unspecified atom stereocenters.